The molecule has 1 unspecified atom stereocenters. The maximum Gasteiger partial charge on any atom is 0.123 e. The van der Waals surface area contributed by atoms with E-state index in [2.05, 4.69) is 6.92 Å². The molecular formula is C11H14ClFS. The van der Waals surface area contributed by atoms with Gasteiger partial charge in [0.05, 0.1) is 0 Å². The fourth-order valence-electron chi connectivity index (χ4n) is 1.07. The second kappa shape index (κ2) is 5.62. The van der Waals surface area contributed by atoms with Crippen LogP contribution in [0.5, 0.6) is 0 Å². The van der Waals surface area contributed by atoms with Crippen LogP contribution >= 0.6 is 23.4 Å². The van der Waals surface area contributed by atoms with E-state index < -0.39 is 0 Å². The van der Waals surface area contributed by atoms with Crippen molar-refractivity contribution >= 4 is 23.4 Å². The summed E-state index contributed by atoms with van der Waals surface area (Å²) in [7, 11) is 0. The molecular weight excluding hydrogens is 219 g/mol. The van der Waals surface area contributed by atoms with Crippen LogP contribution < -0.4 is 0 Å². The maximum absolute atomic E-state index is 12.9. The zero-order valence-corrected chi connectivity index (χ0v) is 9.96. The van der Waals surface area contributed by atoms with Crippen molar-refractivity contribution in [1.29, 1.82) is 0 Å². The molecule has 0 aliphatic rings. The van der Waals surface area contributed by atoms with Gasteiger partial charge in [0.1, 0.15) is 5.82 Å². The number of hydrogen-bond acceptors (Lipinski definition) is 1. The van der Waals surface area contributed by atoms with Crippen molar-refractivity contribution in [2.45, 2.75) is 24.9 Å². The molecule has 1 aromatic rings. The summed E-state index contributed by atoms with van der Waals surface area (Å²) in [6.45, 7) is 4.08. The lowest BCUT2D eigenvalue weighted by Crippen LogP contribution is -1.98. The zero-order chi connectivity index (χ0) is 10.6. The van der Waals surface area contributed by atoms with Crippen molar-refractivity contribution in [3.63, 3.8) is 0 Å². The summed E-state index contributed by atoms with van der Waals surface area (Å²) in [5.41, 5.74) is 2.20. The Hall–Kier alpha value is -0.210. The van der Waals surface area contributed by atoms with Gasteiger partial charge in [-0.3, -0.25) is 0 Å². The van der Waals surface area contributed by atoms with Crippen molar-refractivity contribution in [2.24, 2.45) is 0 Å². The van der Waals surface area contributed by atoms with Crippen LogP contribution in [0.2, 0.25) is 0 Å². The molecule has 0 aromatic heterocycles. The minimum atomic E-state index is -0.162. The van der Waals surface area contributed by atoms with Gasteiger partial charge in [0, 0.05) is 16.9 Å². The van der Waals surface area contributed by atoms with Gasteiger partial charge in [-0.2, -0.15) is 11.8 Å². The number of thioether (sulfide) groups is 1. The van der Waals surface area contributed by atoms with E-state index in [1.807, 2.05) is 13.0 Å². The lowest BCUT2D eigenvalue weighted by molar-refractivity contribution is 0.626. The van der Waals surface area contributed by atoms with Crippen molar-refractivity contribution in [2.75, 3.05) is 5.88 Å². The Kier molecular flexibility index (Phi) is 4.76. The average molecular weight is 233 g/mol. The van der Waals surface area contributed by atoms with Gasteiger partial charge in [-0.05, 0) is 30.2 Å². The van der Waals surface area contributed by atoms with Gasteiger partial charge in [-0.15, -0.1) is 11.6 Å². The minimum absolute atomic E-state index is 0.162. The summed E-state index contributed by atoms with van der Waals surface area (Å²) in [6, 6.07) is 4.91. The predicted octanol–water partition coefficient (Wildman–Crippen LogP) is 3.99. The molecule has 0 saturated carbocycles. The van der Waals surface area contributed by atoms with Crippen molar-refractivity contribution in [3.05, 3.63) is 35.1 Å². The third-order valence-corrected chi connectivity index (χ3v) is 3.91. The molecule has 0 nitrogen and oxygen atoms in total. The molecule has 0 amide bonds. The van der Waals surface area contributed by atoms with Crippen LogP contribution in [0.3, 0.4) is 0 Å². The molecule has 1 rings (SSSR count). The van der Waals surface area contributed by atoms with Crippen LogP contribution in [-0.2, 0) is 5.75 Å². The topological polar surface area (TPSA) is 0 Å². The van der Waals surface area contributed by atoms with Gasteiger partial charge in [0.2, 0.25) is 0 Å². The molecule has 0 N–H and O–H groups in total. The predicted molar refractivity (Wildman–Crippen MR) is 62.6 cm³/mol. The van der Waals surface area contributed by atoms with Crippen molar-refractivity contribution in [3.8, 4) is 0 Å². The van der Waals surface area contributed by atoms with E-state index in [9.17, 15) is 4.39 Å². The summed E-state index contributed by atoms with van der Waals surface area (Å²) in [6.07, 6.45) is 0. The largest absolute Gasteiger partial charge is 0.207 e. The van der Waals surface area contributed by atoms with Gasteiger partial charge >= 0.3 is 0 Å². The monoisotopic (exact) mass is 232 g/mol. The SMILES string of the molecule is Cc1ccc(F)cc1CSC(C)CCl. The van der Waals surface area contributed by atoms with E-state index in [0.717, 1.165) is 16.9 Å². The molecule has 78 valence electrons. The molecule has 0 spiro atoms. The van der Waals surface area contributed by atoms with Gasteiger partial charge < -0.3 is 0 Å². The molecule has 0 saturated heterocycles. The molecule has 1 atom stereocenters. The Bertz CT molecular complexity index is 301. The standard InChI is InChI=1S/C11H14ClFS/c1-8-3-4-11(13)5-10(8)7-14-9(2)6-12/h3-5,9H,6-7H2,1-2H3. The van der Waals surface area contributed by atoms with Crippen LogP contribution in [0.1, 0.15) is 18.1 Å². The summed E-state index contributed by atoms with van der Waals surface area (Å²) in [5, 5.41) is 0.416. The molecule has 0 aliphatic heterocycles. The first-order valence-corrected chi connectivity index (χ1v) is 6.14. The van der Waals surface area contributed by atoms with Gasteiger partial charge in [-0.1, -0.05) is 13.0 Å². The molecule has 0 heterocycles. The van der Waals surface area contributed by atoms with Crippen molar-refractivity contribution in [1.82, 2.24) is 0 Å². The highest BCUT2D eigenvalue weighted by Gasteiger charge is 2.04. The van der Waals surface area contributed by atoms with Crippen LogP contribution in [0.25, 0.3) is 0 Å². The highest BCUT2D eigenvalue weighted by atomic mass is 35.5. The number of aryl methyl sites for hydroxylation is 1. The second-order valence-corrected chi connectivity index (χ2v) is 5.08. The van der Waals surface area contributed by atoms with Gasteiger partial charge in [0.25, 0.3) is 0 Å². The van der Waals surface area contributed by atoms with E-state index in [4.69, 9.17) is 11.6 Å². The number of hydrogen-bond donors (Lipinski definition) is 0. The van der Waals surface area contributed by atoms with Crippen LogP contribution in [0.4, 0.5) is 4.39 Å². The van der Waals surface area contributed by atoms with Gasteiger partial charge in [0.15, 0.2) is 0 Å². The molecule has 0 aliphatic carbocycles. The fraction of sp³-hybridized carbons (Fsp3) is 0.455. The third-order valence-electron chi connectivity index (χ3n) is 2.05. The molecule has 3 heteroatoms. The highest BCUT2D eigenvalue weighted by molar-refractivity contribution is 7.99. The molecule has 1 aromatic carbocycles. The Morgan fingerprint density at radius 1 is 1.50 bits per heavy atom. The van der Waals surface area contributed by atoms with E-state index >= 15 is 0 Å². The summed E-state index contributed by atoms with van der Waals surface area (Å²) >= 11 is 7.45. The van der Waals surface area contributed by atoms with Crippen LogP contribution in [0, 0.1) is 12.7 Å². The van der Waals surface area contributed by atoms with Crippen LogP contribution in [-0.4, -0.2) is 11.1 Å². The Morgan fingerprint density at radius 3 is 2.86 bits per heavy atom. The smallest absolute Gasteiger partial charge is 0.123 e. The first-order valence-electron chi connectivity index (χ1n) is 4.56. The number of alkyl halides is 1. The minimum Gasteiger partial charge on any atom is -0.207 e. The fourth-order valence-corrected chi connectivity index (χ4v) is 2.20. The van der Waals surface area contributed by atoms with Gasteiger partial charge in [-0.25, -0.2) is 4.39 Å². The van der Waals surface area contributed by atoms with Crippen LogP contribution in [0.15, 0.2) is 18.2 Å². The normalized spacial score (nSPS) is 12.9. The number of rotatable bonds is 4. The number of halogens is 2. The molecule has 14 heavy (non-hydrogen) atoms. The number of benzene rings is 1. The van der Waals surface area contributed by atoms with E-state index in [0.29, 0.717) is 11.1 Å². The highest BCUT2D eigenvalue weighted by Crippen LogP contribution is 2.21. The Morgan fingerprint density at radius 2 is 2.21 bits per heavy atom. The zero-order valence-electron chi connectivity index (χ0n) is 8.39. The quantitative estimate of drug-likeness (QED) is 0.708. The average Bonchev–Trinajstić information content (AvgIpc) is 2.19. The molecule has 0 fully saturated rings. The first kappa shape index (κ1) is 11.9. The molecule has 0 bridgehead atoms. The Balaban J connectivity index is 2.62. The first-order chi connectivity index (χ1) is 6.63. The molecule has 0 radical (unpaired) electrons. The second-order valence-electron chi connectivity index (χ2n) is 3.35. The van der Waals surface area contributed by atoms with E-state index in [1.54, 1.807) is 17.8 Å². The summed E-state index contributed by atoms with van der Waals surface area (Å²) < 4.78 is 12.9. The van der Waals surface area contributed by atoms with Crippen molar-refractivity contribution < 1.29 is 4.39 Å². The lowest BCUT2D eigenvalue weighted by atomic mass is 10.1. The Labute approximate surface area is 93.8 Å². The third kappa shape index (κ3) is 3.50. The lowest BCUT2D eigenvalue weighted by Gasteiger charge is -2.09. The summed E-state index contributed by atoms with van der Waals surface area (Å²) in [5.74, 6) is 1.31. The van der Waals surface area contributed by atoms with E-state index in [-0.39, 0.29) is 5.82 Å². The maximum atomic E-state index is 12.9. The van der Waals surface area contributed by atoms with E-state index in [1.165, 1.54) is 6.07 Å². The summed E-state index contributed by atoms with van der Waals surface area (Å²) in [4.78, 5) is 0.